The first kappa shape index (κ1) is 22.7. The Morgan fingerprint density at radius 1 is 1.03 bits per heavy atom. The second-order valence-electron chi connectivity index (χ2n) is 8.80. The number of rotatable bonds is 10. The maximum atomic E-state index is 13.0. The van der Waals surface area contributed by atoms with Gasteiger partial charge in [0.2, 0.25) is 0 Å². The van der Waals surface area contributed by atoms with Crippen LogP contribution in [-0.4, -0.2) is 73.1 Å². The SMILES string of the molecule is COCOC[C@H]1C=C[C@H]2C(C)(C)C[C@H](OCOC)[C@H](OCOC)[C@@]23COC(=O)[C@@H]13. The number of esters is 1. The summed E-state index contributed by atoms with van der Waals surface area (Å²) in [4.78, 5) is 13.0. The molecule has 1 saturated carbocycles. The molecule has 0 aromatic rings. The van der Waals surface area contributed by atoms with Crippen LogP contribution in [0, 0.1) is 28.6 Å². The molecule has 3 rings (SSSR count). The van der Waals surface area contributed by atoms with Gasteiger partial charge in [-0.05, 0) is 17.8 Å². The fourth-order valence-electron chi connectivity index (χ4n) is 5.64. The van der Waals surface area contributed by atoms with Crippen molar-refractivity contribution in [2.75, 3.05) is 54.9 Å². The van der Waals surface area contributed by atoms with Gasteiger partial charge in [-0.3, -0.25) is 4.79 Å². The van der Waals surface area contributed by atoms with Crippen LogP contribution < -0.4 is 0 Å². The smallest absolute Gasteiger partial charge is 0.310 e. The Balaban J connectivity index is 2.01. The Morgan fingerprint density at radius 3 is 2.41 bits per heavy atom. The van der Waals surface area contributed by atoms with E-state index in [1.807, 2.05) is 0 Å². The predicted molar refractivity (Wildman–Crippen MR) is 103 cm³/mol. The maximum Gasteiger partial charge on any atom is 0.310 e. The van der Waals surface area contributed by atoms with Crippen LogP contribution in [0.3, 0.4) is 0 Å². The van der Waals surface area contributed by atoms with E-state index >= 15 is 0 Å². The van der Waals surface area contributed by atoms with Crippen LogP contribution in [0.2, 0.25) is 0 Å². The third-order valence-electron chi connectivity index (χ3n) is 6.57. The van der Waals surface area contributed by atoms with E-state index in [9.17, 15) is 4.79 Å². The Labute approximate surface area is 172 Å². The van der Waals surface area contributed by atoms with Gasteiger partial charge in [0, 0.05) is 27.2 Å². The van der Waals surface area contributed by atoms with Gasteiger partial charge in [-0.15, -0.1) is 0 Å². The highest BCUT2D eigenvalue weighted by atomic mass is 16.7. The van der Waals surface area contributed by atoms with Crippen molar-refractivity contribution < 1.29 is 38.0 Å². The quantitative estimate of drug-likeness (QED) is 0.232. The van der Waals surface area contributed by atoms with Crippen molar-refractivity contribution in [3.05, 3.63) is 12.2 Å². The van der Waals surface area contributed by atoms with Crippen LogP contribution in [0.15, 0.2) is 12.2 Å². The topological polar surface area (TPSA) is 81.7 Å². The lowest BCUT2D eigenvalue weighted by Crippen LogP contribution is -2.64. The van der Waals surface area contributed by atoms with Crippen LogP contribution in [0.4, 0.5) is 0 Å². The van der Waals surface area contributed by atoms with E-state index in [1.165, 1.54) is 0 Å². The van der Waals surface area contributed by atoms with Gasteiger partial charge in [0.15, 0.2) is 0 Å². The molecule has 2 fully saturated rings. The fourth-order valence-corrected chi connectivity index (χ4v) is 5.64. The van der Waals surface area contributed by atoms with Crippen molar-refractivity contribution in [2.45, 2.75) is 32.5 Å². The Bertz CT molecular complexity index is 591. The number of carbonyl (C=O) groups is 1. The summed E-state index contributed by atoms with van der Waals surface area (Å²) >= 11 is 0. The number of cyclic esters (lactones) is 1. The zero-order valence-electron chi connectivity index (χ0n) is 18.1. The second-order valence-corrected chi connectivity index (χ2v) is 8.80. The molecule has 0 amide bonds. The molecule has 1 aliphatic heterocycles. The van der Waals surface area contributed by atoms with Crippen molar-refractivity contribution in [2.24, 2.45) is 28.6 Å². The standard InChI is InChI=1S/C21H34O8/c1-20(2)8-15(28-12-24-4)18(29-13-25-5)21-10-27-19(22)17(21)14(6-7-16(20)21)9-26-11-23-3/h6-7,14-18H,8-13H2,1-5H3/t14-,15+,16+,17-,18+,21+/m1/s1. The number of allylic oxidation sites excluding steroid dienone is 1. The van der Waals surface area contributed by atoms with Gasteiger partial charge >= 0.3 is 5.97 Å². The van der Waals surface area contributed by atoms with Crippen molar-refractivity contribution >= 4 is 5.97 Å². The summed E-state index contributed by atoms with van der Waals surface area (Å²) in [5.41, 5.74) is -0.682. The zero-order valence-corrected chi connectivity index (χ0v) is 18.1. The summed E-state index contributed by atoms with van der Waals surface area (Å²) in [6, 6.07) is 0. The third-order valence-corrected chi connectivity index (χ3v) is 6.57. The molecule has 8 heteroatoms. The van der Waals surface area contributed by atoms with Crippen LogP contribution in [0.25, 0.3) is 0 Å². The van der Waals surface area contributed by atoms with Crippen molar-refractivity contribution in [3.63, 3.8) is 0 Å². The minimum atomic E-state index is -0.564. The minimum Gasteiger partial charge on any atom is -0.465 e. The molecule has 3 aliphatic rings. The van der Waals surface area contributed by atoms with Gasteiger partial charge in [-0.2, -0.15) is 0 Å². The summed E-state index contributed by atoms with van der Waals surface area (Å²) < 4.78 is 38.9. The normalized spacial score (nSPS) is 37.8. The molecule has 1 spiro atoms. The predicted octanol–water partition coefficient (Wildman–Crippen LogP) is 1.98. The van der Waals surface area contributed by atoms with Gasteiger partial charge in [0.1, 0.15) is 27.0 Å². The lowest BCUT2D eigenvalue weighted by atomic mass is 9.47. The van der Waals surface area contributed by atoms with Gasteiger partial charge in [-0.25, -0.2) is 0 Å². The van der Waals surface area contributed by atoms with Gasteiger partial charge in [0.05, 0.1) is 30.1 Å². The van der Waals surface area contributed by atoms with E-state index in [4.69, 9.17) is 33.2 Å². The van der Waals surface area contributed by atoms with Gasteiger partial charge in [0.25, 0.3) is 0 Å². The lowest BCUT2D eigenvalue weighted by molar-refractivity contribution is -0.250. The maximum absolute atomic E-state index is 13.0. The minimum absolute atomic E-state index is 0.0920. The third kappa shape index (κ3) is 4.11. The van der Waals surface area contributed by atoms with Crippen LogP contribution >= 0.6 is 0 Å². The van der Waals surface area contributed by atoms with E-state index in [0.29, 0.717) is 6.61 Å². The van der Waals surface area contributed by atoms with E-state index in [1.54, 1.807) is 21.3 Å². The molecule has 0 N–H and O–H groups in total. The molecule has 6 atom stereocenters. The summed E-state index contributed by atoms with van der Waals surface area (Å²) in [5, 5.41) is 0. The largest absolute Gasteiger partial charge is 0.465 e. The molecule has 0 bridgehead atoms. The molecule has 8 nitrogen and oxygen atoms in total. The van der Waals surface area contributed by atoms with Crippen molar-refractivity contribution in [1.29, 1.82) is 0 Å². The number of methoxy groups -OCH3 is 3. The van der Waals surface area contributed by atoms with E-state index in [2.05, 4.69) is 26.0 Å². The molecular formula is C21H34O8. The summed E-state index contributed by atoms with van der Waals surface area (Å²) in [6.45, 7) is 5.53. The molecule has 0 unspecified atom stereocenters. The fraction of sp³-hybridized carbons (Fsp3) is 0.857. The molecule has 29 heavy (non-hydrogen) atoms. The number of hydrogen-bond acceptors (Lipinski definition) is 8. The highest BCUT2D eigenvalue weighted by Gasteiger charge is 2.69. The Hall–Kier alpha value is -1.03. The first-order valence-electron chi connectivity index (χ1n) is 10.0. The summed E-state index contributed by atoms with van der Waals surface area (Å²) in [7, 11) is 4.76. The van der Waals surface area contributed by atoms with Crippen LogP contribution in [0.5, 0.6) is 0 Å². The van der Waals surface area contributed by atoms with E-state index < -0.39 is 5.41 Å². The Morgan fingerprint density at radius 2 is 1.72 bits per heavy atom. The van der Waals surface area contributed by atoms with Gasteiger partial charge < -0.3 is 33.2 Å². The van der Waals surface area contributed by atoms with Gasteiger partial charge in [-0.1, -0.05) is 26.0 Å². The molecule has 2 aliphatic carbocycles. The summed E-state index contributed by atoms with van der Waals surface area (Å²) in [5.74, 6) is -0.625. The van der Waals surface area contributed by atoms with Crippen molar-refractivity contribution in [1.82, 2.24) is 0 Å². The highest BCUT2D eigenvalue weighted by molar-refractivity contribution is 5.77. The molecule has 0 radical (unpaired) electrons. The van der Waals surface area contributed by atoms with E-state index in [0.717, 1.165) is 6.42 Å². The Kier molecular flexibility index (Phi) is 7.35. The number of carbonyl (C=O) groups excluding carboxylic acids is 1. The second kappa shape index (κ2) is 9.41. The molecule has 1 heterocycles. The number of hydrogen-bond donors (Lipinski definition) is 0. The number of ether oxygens (including phenoxy) is 7. The summed E-state index contributed by atoms with van der Waals surface area (Å²) in [6.07, 6.45) is 4.46. The first-order chi connectivity index (χ1) is 13.9. The zero-order chi connectivity index (χ0) is 21.1. The van der Waals surface area contributed by atoms with Crippen LogP contribution in [0.1, 0.15) is 20.3 Å². The average molecular weight is 414 g/mol. The highest BCUT2D eigenvalue weighted by Crippen LogP contribution is 2.62. The van der Waals surface area contributed by atoms with Crippen molar-refractivity contribution in [3.8, 4) is 0 Å². The molecule has 1 saturated heterocycles. The lowest BCUT2D eigenvalue weighted by Gasteiger charge is -2.59. The molecule has 0 aromatic heterocycles. The first-order valence-corrected chi connectivity index (χ1v) is 10.0. The average Bonchev–Trinajstić information content (AvgIpc) is 3.03. The molecule has 0 aromatic carbocycles. The monoisotopic (exact) mass is 414 g/mol. The van der Waals surface area contributed by atoms with E-state index in [-0.39, 0.29) is 68.3 Å². The molecule has 166 valence electrons. The van der Waals surface area contributed by atoms with Crippen LogP contribution in [-0.2, 0) is 38.0 Å². The molecular weight excluding hydrogens is 380 g/mol.